The molecular formula is C15H18O8. The lowest BCUT2D eigenvalue weighted by atomic mass is 9.90. The van der Waals surface area contributed by atoms with E-state index in [1.54, 1.807) is 0 Å². The third-order valence-electron chi connectivity index (χ3n) is 3.70. The molecule has 0 saturated carbocycles. The van der Waals surface area contributed by atoms with Crippen LogP contribution in [-0.2, 0) is 9.53 Å². The molecule has 8 nitrogen and oxygen atoms in total. The first-order valence-electron chi connectivity index (χ1n) is 6.85. The van der Waals surface area contributed by atoms with Crippen molar-refractivity contribution in [3.05, 3.63) is 29.8 Å². The maximum atomic E-state index is 12.1. The fourth-order valence-corrected chi connectivity index (χ4v) is 2.26. The minimum atomic E-state index is -2.70. The van der Waals surface area contributed by atoms with Gasteiger partial charge in [0.2, 0.25) is 5.78 Å². The smallest absolute Gasteiger partial charge is 0.260 e. The maximum absolute atomic E-state index is 12.1. The Bertz CT molecular complexity index is 628. The number of carbonyl (C=O) groups is 1. The summed E-state index contributed by atoms with van der Waals surface area (Å²) in [7, 11) is 0. The lowest BCUT2D eigenvalue weighted by Gasteiger charge is -2.43. The van der Waals surface area contributed by atoms with Crippen molar-refractivity contribution < 1.29 is 40.2 Å². The molecule has 0 bridgehead atoms. The van der Waals surface area contributed by atoms with Crippen LogP contribution in [0.1, 0.15) is 12.5 Å². The van der Waals surface area contributed by atoms with Crippen molar-refractivity contribution in [2.75, 3.05) is 0 Å². The van der Waals surface area contributed by atoms with Crippen LogP contribution in [0.15, 0.2) is 24.3 Å². The molecular weight excluding hydrogens is 308 g/mol. The molecule has 0 aromatic heterocycles. The van der Waals surface area contributed by atoms with Crippen LogP contribution in [0.4, 0.5) is 0 Å². The van der Waals surface area contributed by atoms with E-state index in [0.29, 0.717) is 5.56 Å². The fraction of sp³-hybridized carbons (Fsp3) is 0.400. The quantitative estimate of drug-likeness (QED) is 0.302. The van der Waals surface area contributed by atoms with Gasteiger partial charge >= 0.3 is 0 Å². The van der Waals surface area contributed by atoms with Crippen LogP contribution in [0, 0.1) is 0 Å². The van der Waals surface area contributed by atoms with Gasteiger partial charge in [-0.05, 0) is 30.7 Å². The van der Waals surface area contributed by atoms with Gasteiger partial charge in [0.15, 0.2) is 11.5 Å². The second-order valence-electron chi connectivity index (χ2n) is 5.39. The lowest BCUT2D eigenvalue weighted by molar-refractivity contribution is -0.322. The molecule has 0 aliphatic carbocycles. The first kappa shape index (κ1) is 17.4. The summed E-state index contributed by atoms with van der Waals surface area (Å²) in [6.07, 6.45) is -4.19. The number of phenols is 2. The van der Waals surface area contributed by atoms with E-state index in [4.69, 9.17) is 4.74 Å². The van der Waals surface area contributed by atoms with Crippen LogP contribution in [0.2, 0.25) is 0 Å². The zero-order chi connectivity index (χ0) is 17.4. The van der Waals surface area contributed by atoms with Crippen LogP contribution in [0.3, 0.4) is 0 Å². The molecule has 6 N–H and O–H groups in total. The van der Waals surface area contributed by atoms with Crippen molar-refractivity contribution in [3.8, 4) is 11.5 Å². The summed E-state index contributed by atoms with van der Waals surface area (Å²) in [6, 6.07) is 3.80. The molecule has 1 aromatic rings. The highest BCUT2D eigenvalue weighted by atomic mass is 16.7. The van der Waals surface area contributed by atoms with E-state index in [2.05, 4.69) is 0 Å². The van der Waals surface area contributed by atoms with Crippen LogP contribution in [-0.4, -0.2) is 66.6 Å². The molecule has 126 valence electrons. The molecule has 1 aromatic carbocycles. The third kappa shape index (κ3) is 3.21. The number of aromatic hydroxyl groups is 2. The first-order valence-corrected chi connectivity index (χ1v) is 6.85. The van der Waals surface area contributed by atoms with E-state index in [1.165, 1.54) is 31.2 Å². The van der Waals surface area contributed by atoms with E-state index < -0.39 is 36.0 Å². The van der Waals surface area contributed by atoms with Gasteiger partial charge in [-0.2, -0.15) is 0 Å². The topological polar surface area (TPSA) is 148 Å². The van der Waals surface area contributed by atoms with Gasteiger partial charge in [-0.1, -0.05) is 12.1 Å². The minimum Gasteiger partial charge on any atom is -0.504 e. The summed E-state index contributed by atoms with van der Waals surface area (Å²) in [5.41, 5.74) is 0.344. The third-order valence-corrected chi connectivity index (χ3v) is 3.70. The summed E-state index contributed by atoms with van der Waals surface area (Å²) in [4.78, 5) is 12.1. The van der Waals surface area contributed by atoms with Gasteiger partial charge in [0.05, 0.1) is 6.10 Å². The SMILES string of the molecule is C[C@@H]1O[C@](O)(C(=O)/C=C/c2ccc(O)c(O)c2)[C@H](O)[C@H](O)[C@H]1O. The predicted octanol–water partition coefficient (Wildman–Crippen LogP) is -1.13. The number of ether oxygens (including phenoxy) is 1. The Morgan fingerprint density at radius 2 is 1.83 bits per heavy atom. The average Bonchev–Trinajstić information content (AvgIpc) is 2.51. The van der Waals surface area contributed by atoms with Gasteiger partial charge in [-0.3, -0.25) is 4.79 Å². The fourth-order valence-electron chi connectivity index (χ4n) is 2.26. The van der Waals surface area contributed by atoms with Gasteiger partial charge in [0.1, 0.15) is 18.3 Å². The predicted molar refractivity (Wildman–Crippen MR) is 77.3 cm³/mol. The normalized spacial score (nSPS) is 34.7. The van der Waals surface area contributed by atoms with Crippen LogP contribution in [0.5, 0.6) is 11.5 Å². The van der Waals surface area contributed by atoms with Crippen LogP contribution in [0.25, 0.3) is 6.08 Å². The molecule has 0 radical (unpaired) electrons. The molecule has 0 amide bonds. The largest absolute Gasteiger partial charge is 0.504 e. The number of benzene rings is 1. The summed E-state index contributed by atoms with van der Waals surface area (Å²) in [5, 5.41) is 57.8. The molecule has 0 unspecified atom stereocenters. The number of hydrogen-bond acceptors (Lipinski definition) is 8. The zero-order valence-electron chi connectivity index (χ0n) is 12.2. The van der Waals surface area contributed by atoms with Gasteiger partial charge in [-0.15, -0.1) is 0 Å². The number of rotatable bonds is 3. The summed E-state index contributed by atoms with van der Waals surface area (Å²) >= 11 is 0. The molecule has 1 heterocycles. The highest BCUT2D eigenvalue weighted by molar-refractivity contribution is 5.99. The Morgan fingerprint density at radius 3 is 2.43 bits per heavy atom. The molecule has 1 saturated heterocycles. The van der Waals surface area contributed by atoms with Gasteiger partial charge in [0, 0.05) is 0 Å². The van der Waals surface area contributed by atoms with Crippen LogP contribution >= 0.6 is 0 Å². The van der Waals surface area contributed by atoms with Gasteiger partial charge in [-0.25, -0.2) is 0 Å². The number of hydrogen-bond donors (Lipinski definition) is 6. The van der Waals surface area contributed by atoms with Crippen molar-refractivity contribution in [1.29, 1.82) is 0 Å². The van der Waals surface area contributed by atoms with E-state index in [1.807, 2.05) is 0 Å². The Morgan fingerprint density at radius 1 is 1.17 bits per heavy atom. The first-order chi connectivity index (χ1) is 10.7. The Labute approximate surface area is 131 Å². The number of carbonyl (C=O) groups excluding carboxylic acids is 1. The molecule has 8 heteroatoms. The summed E-state index contributed by atoms with van der Waals surface area (Å²) in [6.45, 7) is 1.33. The Kier molecular flexibility index (Phi) is 4.73. The van der Waals surface area contributed by atoms with Crippen molar-refractivity contribution in [2.45, 2.75) is 37.1 Å². The Hall–Kier alpha value is -1.97. The number of aliphatic hydroxyl groups is 4. The van der Waals surface area contributed by atoms with E-state index >= 15 is 0 Å². The van der Waals surface area contributed by atoms with Crippen LogP contribution < -0.4 is 0 Å². The van der Waals surface area contributed by atoms with E-state index in [-0.39, 0.29) is 11.5 Å². The molecule has 1 fully saturated rings. The van der Waals surface area contributed by atoms with E-state index in [9.17, 15) is 35.4 Å². The summed E-state index contributed by atoms with van der Waals surface area (Å²) < 4.78 is 4.97. The van der Waals surface area contributed by atoms with Gasteiger partial charge in [0.25, 0.3) is 5.79 Å². The van der Waals surface area contributed by atoms with Crippen molar-refractivity contribution in [1.82, 2.24) is 0 Å². The molecule has 0 spiro atoms. The van der Waals surface area contributed by atoms with Gasteiger partial charge < -0.3 is 35.4 Å². The highest BCUT2D eigenvalue weighted by Crippen LogP contribution is 2.30. The lowest BCUT2D eigenvalue weighted by Crippen LogP contribution is -2.66. The van der Waals surface area contributed by atoms with Crippen molar-refractivity contribution >= 4 is 11.9 Å². The second-order valence-corrected chi connectivity index (χ2v) is 5.39. The molecule has 5 atom stereocenters. The standard InChI is InChI=1S/C15H18O8/c1-7-12(19)13(20)14(21)15(22,23-7)11(18)5-3-8-2-4-9(16)10(17)6-8/h2-7,12-14,16-17,19-22H,1H3/b5-3+/t7-,12-,13+,14+,15+/m0/s1. The van der Waals surface area contributed by atoms with Crippen molar-refractivity contribution in [3.63, 3.8) is 0 Å². The number of aliphatic hydroxyl groups excluding tert-OH is 3. The molecule has 1 aliphatic rings. The molecule has 23 heavy (non-hydrogen) atoms. The second kappa shape index (κ2) is 6.26. The maximum Gasteiger partial charge on any atom is 0.260 e. The number of phenolic OH excluding ortho intramolecular Hbond substituents is 2. The summed E-state index contributed by atoms with van der Waals surface area (Å²) in [5.74, 6) is -4.47. The highest BCUT2D eigenvalue weighted by Gasteiger charge is 2.55. The Balaban J connectivity index is 2.21. The number of ketones is 1. The zero-order valence-corrected chi connectivity index (χ0v) is 12.2. The minimum absolute atomic E-state index is 0.330. The monoisotopic (exact) mass is 326 g/mol. The molecule has 2 rings (SSSR count). The average molecular weight is 326 g/mol. The van der Waals surface area contributed by atoms with Crippen molar-refractivity contribution in [2.24, 2.45) is 0 Å². The molecule has 1 aliphatic heterocycles. The van der Waals surface area contributed by atoms with E-state index in [0.717, 1.165) is 6.08 Å².